The fourth-order valence-corrected chi connectivity index (χ4v) is 5.54. The van der Waals surface area contributed by atoms with Gasteiger partial charge in [0, 0.05) is 31.2 Å². The van der Waals surface area contributed by atoms with Crippen molar-refractivity contribution in [2.24, 2.45) is 4.99 Å². The second kappa shape index (κ2) is 12.0. The number of guanidine groups is 1. The average molecular weight is 537 g/mol. The van der Waals surface area contributed by atoms with Crippen LogP contribution in [-0.4, -0.2) is 64.3 Å². The van der Waals surface area contributed by atoms with Gasteiger partial charge in [0.25, 0.3) is 5.91 Å². The summed E-state index contributed by atoms with van der Waals surface area (Å²) in [4.78, 5) is 43.6. The summed E-state index contributed by atoms with van der Waals surface area (Å²) >= 11 is 0. The fourth-order valence-electron chi connectivity index (χ4n) is 5.54. The minimum atomic E-state index is -1.41. The molecule has 3 atom stereocenters. The summed E-state index contributed by atoms with van der Waals surface area (Å²) in [5.41, 5.74) is 2.30. The molecule has 10 nitrogen and oxygen atoms in total. The largest absolute Gasteiger partial charge is 0.463 e. The van der Waals surface area contributed by atoms with Gasteiger partial charge < -0.3 is 25.6 Å². The Balaban J connectivity index is 1.66. The number of aliphatic hydroxyl groups excluding tert-OH is 1. The Hall–Kier alpha value is -3.76. The second-order valence-electron chi connectivity index (χ2n) is 10.1. The molecule has 1 saturated heterocycles. The normalized spacial score (nSPS) is 21.8. The maximum Gasteiger partial charge on any atom is 0.434 e. The number of fused-ring (bicyclic) bond motifs is 1. The van der Waals surface area contributed by atoms with Gasteiger partial charge in [-0.25, -0.2) is 4.79 Å². The van der Waals surface area contributed by atoms with Crippen LogP contribution in [0.15, 0.2) is 53.5 Å². The zero-order valence-electron chi connectivity index (χ0n) is 22.5. The number of aliphatic hydroxyl groups is 1. The zero-order chi connectivity index (χ0) is 28.2. The van der Waals surface area contributed by atoms with E-state index in [1.807, 2.05) is 38.1 Å². The van der Waals surface area contributed by atoms with E-state index >= 15 is 0 Å². The maximum atomic E-state index is 13.6. The molecule has 0 bridgehead atoms. The molecule has 2 aliphatic rings. The number of rotatable bonds is 9. The molecule has 1 heterocycles. The molecule has 1 aliphatic carbocycles. The molecule has 0 saturated carbocycles. The summed E-state index contributed by atoms with van der Waals surface area (Å²) in [5.74, 6) is -0.634. The number of nitrogens with one attached hydrogen (secondary N) is 2. The minimum absolute atomic E-state index is 0.0240. The summed E-state index contributed by atoms with van der Waals surface area (Å²) in [6.07, 6.45) is 0.106. The maximum absolute atomic E-state index is 13.6. The lowest BCUT2D eigenvalue weighted by molar-refractivity contribution is -0.133. The van der Waals surface area contributed by atoms with Crippen molar-refractivity contribution >= 4 is 23.9 Å². The topological polar surface area (TPSA) is 141 Å². The van der Waals surface area contributed by atoms with Crippen molar-refractivity contribution in [3.63, 3.8) is 0 Å². The third kappa shape index (κ3) is 5.97. The lowest BCUT2D eigenvalue weighted by atomic mass is 9.86. The van der Waals surface area contributed by atoms with Crippen LogP contribution in [0.25, 0.3) is 0 Å². The minimum Gasteiger partial charge on any atom is -0.463 e. The molecule has 1 fully saturated rings. The molecular weight excluding hydrogens is 500 g/mol. The lowest BCUT2D eigenvalue weighted by Crippen LogP contribution is -2.63. The average Bonchev–Trinajstić information content (AvgIpc) is 3.24. The SMILES string of the molecule is CCC1(CC)CC(=O)N([C@H](CCOC)c2cccc(C(=O)N[C@@H]3c4ccccc4C[C@H]3O)c2)C(=NC(=O)O)N1. The smallest absolute Gasteiger partial charge is 0.434 e. The number of carbonyl (C=O) groups is 3. The number of aliphatic imine (C=N–C) groups is 1. The van der Waals surface area contributed by atoms with Crippen molar-refractivity contribution in [2.75, 3.05) is 13.7 Å². The fraction of sp³-hybridized carbons (Fsp3) is 0.448. The standard InChI is InChI=1S/C29H36N4O6/c1-4-29(5-2)17-24(35)33(27(32-29)31-28(37)38)22(13-14-39-3)19-10-8-11-20(15-19)26(36)30-25-21-12-7-6-9-18(21)16-23(25)34/h6-12,15,22-23,25,34H,4-5,13-14,16-17H2,1-3H3,(H,30,36)(H,31,32)(H,37,38)/t22-,23-,25-/m1/s1. The molecule has 208 valence electrons. The Kier molecular flexibility index (Phi) is 8.66. The van der Waals surface area contributed by atoms with Crippen LogP contribution in [0.4, 0.5) is 4.79 Å². The zero-order valence-corrected chi connectivity index (χ0v) is 22.5. The summed E-state index contributed by atoms with van der Waals surface area (Å²) < 4.78 is 5.31. The summed E-state index contributed by atoms with van der Waals surface area (Å²) in [7, 11) is 1.55. The first-order valence-electron chi connectivity index (χ1n) is 13.3. The van der Waals surface area contributed by atoms with Crippen LogP contribution in [0, 0.1) is 0 Å². The van der Waals surface area contributed by atoms with Crippen molar-refractivity contribution in [3.05, 3.63) is 70.8 Å². The van der Waals surface area contributed by atoms with Gasteiger partial charge in [-0.05, 0) is 48.1 Å². The van der Waals surface area contributed by atoms with Gasteiger partial charge in [0.2, 0.25) is 11.9 Å². The van der Waals surface area contributed by atoms with E-state index in [-0.39, 0.29) is 24.2 Å². The van der Waals surface area contributed by atoms with E-state index in [4.69, 9.17) is 4.74 Å². The van der Waals surface area contributed by atoms with Crippen LogP contribution in [0.5, 0.6) is 0 Å². The number of ether oxygens (including phenoxy) is 1. The van der Waals surface area contributed by atoms with Gasteiger partial charge in [0.15, 0.2) is 0 Å². The van der Waals surface area contributed by atoms with E-state index in [0.29, 0.717) is 43.4 Å². The first kappa shape index (κ1) is 28.3. The first-order valence-corrected chi connectivity index (χ1v) is 13.3. The molecule has 3 amide bonds. The third-order valence-corrected chi connectivity index (χ3v) is 7.85. The van der Waals surface area contributed by atoms with Gasteiger partial charge in [-0.1, -0.05) is 50.2 Å². The van der Waals surface area contributed by atoms with Crippen LogP contribution in [0.3, 0.4) is 0 Å². The van der Waals surface area contributed by atoms with E-state index < -0.39 is 29.8 Å². The first-order chi connectivity index (χ1) is 18.7. The Morgan fingerprint density at radius 2 is 1.95 bits per heavy atom. The number of amides is 3. The molecule has 10 heteroatoms. The van der Waals surface area contributed by atoms with Crippen LogP contribution >= 0.6 is 0 Å². The van der Waals surface area contributed by atoms with E-state index in [2.05, 4.69) is 15.6 Å². The molecule has 0 radical (unpaired) electrons. The molecule has 0 unspecified atom stereocenters. The molecule has 2 aromatic carbocycles. The van der Waals surface area contributed by atoms with Gasteiger partial charge in [-0.3, -0.25) is 14.5 Å². The van der Waals surface area contributed by atoms with E-state index in [1.165, 1.54) is 4.90 Å². The predicted octanol–water partition coefficient (Wildman–Crippen LogP) is 3.57. The van der Waals surface area contributed by atoms with Crippen LogP contribution in [-0.2, 0) is 16.0 Å². The van der Waals surface area contributed by atoms with Gasteiger partial charge in [0.1, 0.15) is 0 Å². The van der Waals surface area contributed by atoms with Crippen LogP contribution in [0.2, 0.25) is 0 Å². The molecular formula is C29H36N4O6. The number of methoxy groups -OCH3 is 1. The van der Waals surface area contributed by atoms with Crippen molar-refractivity contribution in [1.29, 1.82) is 0 Å². The molecule has 0 spiro atoms. The Morgan fingerprint density at radius 1 is 1.21 bits per heavy atom. The number of hydrogen-bond acceptors (Lipinski definition) is 5. The molecule has 1 aliphatic heterocycles. The second-order valence-corrected chi connectivity index (χ2v) is 10.1. The van der Waals surface area contributed by atoms with Gasteiger partial charge >= 0.3 is 6.09 Å². The highest BCUT2D eigenvalue weighted by atomic mass is 16.5. The molecule has 39 heavy (non-hydrogen) atoms. The van der Waals surface area contributed by atoms with Crippen LogP contribution in [0.1, 0.15) is 78.7 Å². The Labute approximate surface area is 228 Å². The lowest BCUT2D eigenvalue weighted by Gasteiger charge is -2.45. The van der Waals surface area contributed by atoms with E-state index in [0.717, 1.165) is 11.1 Å². The Bertz CT molecular complexity index is 1260. The number of carbonyl (C=O) groups excluding carboxylic acids is 2. The summed E-state index contributed by atoms with van der Waals surface area (Å²) in [5, 5.41) is 26.3. The van der Waals surface area contributed by atoms with Crippen molar-refractivity contribution in [2.45, 2.75) is 69.7 Å². The predicted molar refractivity (Wildman–Crippen MR) is 145 cm³/mol. The highest BCUT2D eigenvalue weighted by molar-refractivity contribution is 6.04. The Morgan fingerprint density at radius 3 is 2.64 bits per heavy atom. The summed E-state index contributed by atoms with van der Waals surface area (Å²) in [6.45, 7) is 4.19. The van der Waals surface area contributed by atoms with Crippen LogP contribution < -0.4 is 10.6 Å². The van der Waals surface area contributed by atoms with Crippen molar-refractivity contribution < 1.29 is 29.3 Å². The highest BCUT2D eigenvalue weighted by Crippen LogP contribution is 2.34. The molecule has 2 aromatic rings. The van der Waals surface area contributed by atoms with Crippen molar-refractivity contribution in [1.82, 2.24) is 15.5 Å². The molecule has 4 rings (SSSR count). The quantitative estimate of drug-likeness (QED) is 0.384. The summed E-state index contributed by atoms with van der Waals surface area (Å²) in [6, 6.07) is 13.4. The number of hydrogen-bond donors (Lipinski definition) is 4. The van der Waals surface area contributed by atoms with Gasteiger partial charge in [0.05, 0.1) is 24.6 Å². The van der Waals surface area contributed by atoms with Gasteiger partial charge in [-0.15, -0.1) is 4.99 Å². The number of carboxylic acid groups (broad SMARTS) is 1. The molecule has 0 aromatic heterocycles. The number of nitrogens with zero attached hydrogens (tertiary/aromatic N) is 2. The van der Waals surface area contributed by atoms with Gasteiger partial charge in [-0.2, -0.15) is 0 Å². The van der Waals surface area contributed by atoms with E-state index in [1.54, 1.807) is 31.4 Å². The van der Waals surface area contributed by atoms with E-state index in [9.17, 15) is 24.6 Å². The number of benzene rings is 2. The molecule has 4 N–H and O–H groups in total. The monoisotopic (exact) mass is 536 g/mol. The highest BCUT2D eigenvalue weighted by Gasteiger charge is 2.43. The third-order valence-electron chi connectivity index (χ3n) is 7.85. The van der Waals surface area contributed by atoms with Crippen molar-refractivity contribution in [3.8, 4) is 0 Å².